The quantitative estimate of drug-likeness (QED) is 0.440. The number of aliphatic hydroxyl groups excluding tert-OH is 1. The Morgan fingerprint density at radius 3 is 2.61 bits per heavy atom. The van der Waals surface area contributed by atoms with Gasteiger partial charge in [-0.2, -0.15) is 4.39 Å². The van der Waals surface area contributed by atoms with Crippen molar-refractivity contribution in [3.63, 3.8) is 0 Å². The predicted octanol–water partition coefficient (Wildman–Crippen LogP) is 3.74. The van der Waals surface area contributed by atoms with Crippen molar-refractivity contribution in [3.8, 4) is 5.75 Å². The lowest BCUT2D eigenvalue weighted by atomic mass is 10.1. The number of rotatable bonds is 8. The van der Waals surface area contributed by atoms with E-state index in [0.717, 1.165) is 24.5 Å². The Balaban J connectivity index is 0.00000304. The molecule has 2 fully saturated rings. The van der Waals surface area contributed by atoms with Crippen molar-refractivity contribution in [1.29, 1.82) is 0 Å². The molecule has 2 aliphatic rings. The van der Waals surface area contributed by atoms with Crippen molar-refractivity contribution in [2.24, 2.45) is 5.92 Å². The minimum absolute atomic E-state index is 0. The number of hydrogen-bond acceptors (Lipinski definition) is 6. The van der Waals surface area contributed by atoms with E-state index in [4.69, 9.17) is 9.47 Å². The van der Waals surface area contributed by atoms with Gasteiger partial charge < -0.3 is 24.5 Å². The van der Waals surface area contributed by atoms with Gasteiger partial charge >= 0.3 is 5.97 Å². The molecule has 2 aromatic carbocycles. The number of benzene rings is 2. The Bertz CT molecular complexity index is 1310. The molecule has 1 aliphatic heterocycles. The van der Waals surface area contributed by atoms with E-state index < -0.39 is 23.0 Å². The second kappa shape index (κ2) is 10.9. The summed E-state index contributed by atoms with van der Waals surface area (Å²) in [5.41, 5.74) is -0.0804. The minimum atomic E-state index is -1.23. The molecule has 0 amide bonds. The lowest BCUT2D eigenvalue weighted by Gasteiger charge is -2.19. The van der Waals surface area contributed by atoms with E-state index in [0.29, 0.717) is 13.0 Å². The third-order valence-corrected chi connectivity index (χ3v) is 6.54. The molecule has 0 spiro atoms. The molecule has 10 heteroatoms. The van der Waals surface area contributed by atoms with E-state index in [2.05, 4.69) is 5.32 Å². The number of esters is 1. The second-order valence-electron chi connectivity index (χ2n) is 9.17. The fourth-order valence-electron chi connectivity index (χ4n) is 4.50. The Hall–Kier alpha value is -3.01. The van der Waals surface area contributed by atoms with Crippen LogP contribution in [-0.2, 0) is 11.3 Å². The number of carbonyl (C=O) groups excluding carboxylic acids is 1. The molecule has 1 saturated heterocycles. The molecular formula is C26H27ClF2N2O5. The fourth-order valence-corrected chi connectivity index (χ4v) is 4.50. The molecule has 2 heterocycles. The van der Waals surface area contributed by atoms with E-state index in [9.17, 15) is 23.5 Å². The number of nitrogens with zero attached hydrogens (tertiary/aromatic N) is 1. The predicted molar refractivity (Wildman–Crippen MR) is 132 cm³/mol. The minimum Gasteiger partial charge on any atom is -0.487 e. The van der Waals surface area contributed by atoms with E-state index in [-0.39, 0.29) is 72.4 Å². The van der Waals surface area contributed by atoms with E-state index >= 15 is 0 Å². The van der Waals surface area contributed by atoms with Gasteiger partial charge in [-0.1, -0.05) is 30.3 Å². The Labute approximate surface area is 212 Å². The smallest absolute Gasteiger partial charge is 0.343 e. The molecule has 2 atom stereocenters. The lowest BCUT2D eigenvalue weighted by molar-refractivity contribution is 0.0470. The monoisotopic (exact) mass is 520 g/mol. The van der Waals surface area contributed by atoms with Crippen molar-refractivity contribution in [2.45, 2.75) is 38.0 Å². The van der Waals surface area contributed by atoms with Crippen LogP contribution in [0, 0.1) is 17.6 Å². The summed E-state index contributed by atoms with van der Waals surface area (Å²) in [7, 11) is 0. The first-order chi connectivity index (χ1) is 17.0. The van der Waals surface area contributed by atoms with Gasteiger partial charge in [-0.25, -0.2) is 9.18 Å². The summed E-state index contributed by atoms with van der Waals surface area (Å²) in [6.45, 7) is 0.672. The Morgan fingerprint density at radius 1 is 1.19 bits per heavy atom. The first-order valence-electron chi connectivity index (χ1n) is 11.7. The first kappa shape index (κ1) is 26.1. The number of hydrogen-bond donors (Lipinski definition) is 2. The maximum Gasteiger partial charge on any atom is 0.343 e. The zero-order chi connectivity index (χ0) is 24.5. The lowest BCUT2D eigenvalue weighted by Crippen LogP contribution is -2.29. The molecule has 1 aromatic heterocycles. The van der Waals surface area contributed by atoms with Crippen molar-refractivity contribution in [1.82, 2.24) is 9.88 Å². The van der Waals surface area contributed by atoms with Crippen LogP contribution in [0.3, 0.4) is 0 Å². The molecule has 0 bridgehead atoms. The average molecular weight is 521 g/mol. The van der Waals surface area contributed by atoms with E-state index in [1.807, 2.05) is 18.2 Å². The molecule has 7 nitrogen and oxygen atoms in total. The molecule has 5 rings (SSSR count). The average Bonchev–Trinajstić information content (AvgIpc) is 3.61. The highest BCUT2D eigenvalue weighted by Crippen LogP contribution is 2.40. The van der Waals surface area contributed by atoms with Gasteiger partial charge in [-0.15, -0.1) is 12.4 Å². The number of pyridine rings is 1. The van der Waals surface area contributed by atoms with Crippen LogP contribution in [0.15, 0.2) is 47.4 Å². The number of fused-ring (bicyclic) bond motifs is 1. The Morgan fingerprint density at radius 2 is 1.94 bits per heavy atom. The standard InChI is InChI=1S/C26H26F2N2O5.ClH/c27-21-9-19-23(25(22(21)28)34-14-17-8-16(12-31)10-29-17)30(18-6-7-18)11-20(24(19)32)26(33)35-13-15-4-2-1-3-5-15;/h1-5,9,11,16-18,29,31H,6-8,10,12-14H2;1H/t16?,17-;/m0./s1. The molecule has 0 radical (unpaired) electrons. The zero-order valence-electron chi connectivity index (χ0n) is 19.4. The van der Waals surface area contributed by atoms with Gasteiger partial charge in [0, 0.05) is 31.4 Å². The molecular weight excluding hydrogens is 494 g/mol. The molecule has 1 saturated carbocycles. The topological polar surface area (TPSA) is 89.8 Å². The normalized spacial score (nSPS) is 19.2. The second-order valence-corrected chi connectivity index (χ2v) is 9.17. The molecule has 2 N–H and O–H groups in total. The summed E-state index contributed by atoms with van der Waals surface area (Å²) in [5.74, 6) is -3.50. The van der Waals surface area contributed by atoms with Gasteiger partial charge in [0.15, 0.2) is 11.6 Å². The third kappa shape index (κ3) is 5.23. The van der Waals surface area contributed by atoms with Crippen LogP contribution in [0.2, 0.25) is 0 Å². The number of aliphatic hydroxyl groups is 1. The van der Waals surface area contributed by atoms with Crippen LogP contribution < -0.4 is 15.5 Å². The van der Waals surface area contributed by atoms with Gasteiger partial charge in [0.2, 0.25) is 11.2 Å². The number of carbonyl (C=O) groups is 1. The van der Waals surface area contributed by atoms with Crippen molar-refractivity contribution in [3.05, 3.63) is 75.6 Å². The van der Waals surface area contributed by atoms with E-state index in [1.54, 1.807) is 16.7 Å². The summed E-state index contributed by atoms with van der Waals surface area (Å²) in [6, 6.07) is 9.66. The first-order valence-corrected chi connectivity index (χ1v) is 11.7. The van der Waals surface area contributed by atoms with Gasteiger partial charge in [0.1, 0.15) is 18.8 Å². The van der Waals surface area contributed by atoms with Crippen molar-refractivity contribution >= 4 is 29.3 Å². The van der Waals surface area contributed by atoms with Crippen LogP contribution >= 0.6 is 12.4 Å². The zero-order valence-corrected chi connectivity index (χ0v) is 20.2. The highest BCUT2D eigenvalue weighted by Gasteiger charge is 2.31. The highest BCUT2D eigenvalue weighted by atomic mass is 35.5. The van der Waals surface area contributed by atoms with Crippen molar-refractivity contribution < 1.29 is 28.2 Å². The third-order valence-electron chi connectivity index (χ3n) is 6.54. The number of ether oxygens (including phenoxy) is 2. The number of halogens is 3. The van der Waals surface area contributed by atoms with Gasteiger partial charge in [0.25, 0.3) is 0 Å². The van der Waals surface area contributed by atoms with E-state index in [1.165, 1.54) is 6.20 Å². The summed E-state index contributed by atoms with van der Waals surface area (Å²) in [5, 5.41) is 12.4. The van der Waals surface area contributed by atoms with Gasteiger partial charge in [0.05, 0.1) is 10.9 Å². The summed E-state index contributed by atoms with van der Waals surface area (Å²) < 4.78 is 42.3. The maximum atomic E-state index is 14.9. The number of aromatic nitrogens is 1. The summed E-state index contributed by atoms with van der Waals surface area (Å²) >= 11 is 0. The maximum absolute atomic E-state index is 14.9. The molecule has 1 aliphatic carbocycles. The van der Waals surface area contributed by atoms with Crippen LogP contribution in [0.1, 0.15) is 41.2 Å². The fraction of sp³-hybridized carbons (Fsp3) is 0.385. The number of nitrogens with one attached hydrogen (secondary N) is 1. The van der Waals surface area contributed by atoms with Crippen LogP contribution in [0.5, 0.6) is 5.75 Å². The van der Waals surface area contributed by atoms with Gasteiger partial charge in [-0.3, -0.25) is 4.79 Å². The SMILES string of the molecule is Cl.O=C(OCc1ccccc1)c1cn(C2CC2)c2c(OC[C@@H]3CC(CO)CN3)c(F)c(F)cc2c1=O. The Kier molecular flexibility index (Phi) is 7.92. The highest BCUT2D eigenvalue weighted by molar-refractivity contribution is 5.95. The molecule has 3 aromatic rings. The van der Waals surface area contributed by atoms with Crippen molar-refractivity contribution in [2.75, 3.05) is 19.8 Å². The van der Waals surface area contributed by atoms with Crippen LogP contribution in [-0.4, -0.2) is 41.4 Å². The summed E-state index contributed by atoms with van der Waals surface area (Å²) in [6.07, 6.45) is 3.56. The molecule has 192 valence electrons. The molecule has 1 unspecified atom stereocenters. The van der Waals surface area contributed by atoms with Gasteiger partial charge in [-0.05, 0) is 36.8 Å². The summed E-state index contributed by atoms with van der Waals surface area (Å²) in [4.78, 5) is 26.0. The molecule has 36 heavy (non-hydrogen) atoms. The largest absolute Gasteiger partial charge is 0.487 e. The van der Waals surface area contributed by atoms with Crippen LogP contribution in [0.4, 0.5) is 8.78 Å². The van der Waals surface area contributed by atoms with Crippen LogP contribution in [0.25, 0.3) is 10.9 Å².